The molecule has 0 bridgehead atoms. The molecule has 0 aromatic carbocycles. The Balaban J connectivity index is 1.66. The van der Waals surface area contributed by atoms with Crippen molar-refractivity contribution >= 4 is 23.3 Å². The fraction of sp³-hybridized carbons (Fsp3) is 0.533. The zero-order valence-corrected chi connectivity index (χ0v) is 13.5. The lowest BCUT2D eigenvalue weighted by Gasteiger charge is -2.33. The van der Waals surface area contributed by atoms with Crippen LogP contribution in [0.1, 0.15) is 20.8 Å². The number of hydrogen-bond donors (Lipinski definition) is 0. The van der Waals surface area contributed by atoms with Gasteiger partial charge in [0, 0.05) is 31.2 Å². The van der Waals surface area contributed by atoms with Crippen molar-refractivity contribution in [3.8, 4) is 0 Å². The van der Waals surface area contributed by atoms with Gasteiger partial charge in [0.05, 0.1) is 6.20 Å². The Morgan fingerprint density at radius 1 is 1.35 bits per heavy atom. The number of nitrogens with zero attached hydrogens (tertiary/aromatic N) is 4. The summed E-state index contributed by atoms with van der Waals surface area (Å²) in [6.45, 7) is 7.72. The number of carbonyl (C=O) groups is 1. The van der Waals surface area contributed by atoms with Crippen molar-refractivity contribution in [3.63, 3.8) is 0 Å². The highest BCUT2D eigenvalue weighted by molar-refractivity contribution is 5.69. The van der Waals surface area contributed by atoms with E-state index < -0.39 is 5.60 Å². The van der Waals surface area contributed by atoms with Gasteiger partial charge in [0.15, 0.2) is 0 Å². The van der Waals surface area contributed by atoms with Crippen molar-refractivity contribution < 1.29 is 18.7 Å². The van der Waals surface area contributed by atoms with Gasteiger partial charge in [0.1, 0.15) is 5.60 Å². The van der Waals surface area contributed by atoms with E-state index in [0.717, 1.165) is 0 Å². The van der Waals surface area contributed by atoms with Gasteiger partial charge in [-0.1, -0.05) is 0 Å². The molecule has 2 aromatic heterocycles. The summed E-state index contributed by atoms with van der Waals surface area (Å²) in [4.78, 5) is 19.9. The lowest BCUT2D eigenvalue weighted by Crippen LogP contribution is -2.50. The van der Waals surface area contributed by atoms with Crippen molar-refractivity contribution in [1.29, 1.82) is 0 Å². The van der Waals surface area contributed by atoms with Gasteiger partial charge < -0.3 is 24.2 Å². The van der Waals surface area contributed by atoms with E-state index >= 15 is 0 Å². The molecule has 23 heavy (non-hydrogen) atoms. The van der Waals surface area contributed by atoms with Crippen molar-refractivity contribution in [2.24, 2.45) is 0 Å². The molecule has 0 aliphatic carbocycles. The molecule has 0 saturated carbocycles. The highest BCUT2D eigenvalue weighted by Crippen LogP contribution is 2.21. The molecule has 124 valence electrons. The van der Waals surface area contributed by atoms with Crippen LogP contribution in [0.3, 0.4) is 0 Å². The van der Waals surface area contributed by atoms with Crippen LogP contribution in [0.4, 0.5) is 10.8 Å². The fourth-order valence-electron chi connectivity index (χ4n) is 2.40. The Bertz CT molecular complexity index is 714. The summed E-state index contributed by atoms with van der Waals surface area (Å²) < 4.78 is 11.7. The molecule has 1 aliphatic heterocycles. The second-order valence-corrected chi connectivity index (χ2v) is 6.47. The van der Waals surface area contributed by atoms with Crippen LogP contribution in [-0.4, -0.2) is 47.8 Å². The lowest BCUT2D eigenvalue weighted by atomic mass is 10.2. The average molecular weight is 320 g/mol. The predicted octanol–water partition coefficient (Wildman–Crippen LogP) is 1.52. The molecular formula is C15H20N4O4. The zero-order chi connectivity index (χ0) is 16.6. The maximum atomic E-state index is 12.0. The van der Waals surface area contributed by atoms with E-state index in [0.29, 0.717) is 42.5 Å². The molecule has 0 unspecified atom stereocenters. The predicted molar refractivity (Wildman–Crippen MR) is 83.0 cm³/mol. The number of pyridine rings is 1. The molecule has 8 nitrogen and oxygen atoms in total. The summed E-state index contributed by atoms with van der Waals surface area (Å²) in [5, 5.41) is 11.7. The number of rotatable bonds is 1. The Hall–Kier alpha value is -2.51. The molecule has 2 aromatic rings. The van der Waals surface area contributed by atoms with Crippen LogP contribution < -0.4 is 9.63 Å². The third-order valence-electron chi connectivity index (χ3n) is 3.50. The molecule has 0 atom stereocenters. The van der Waals surface area contributed by atoms with E-state index in [-0.39, 0.29) is 11.7 Å². The second kappa shape index (κ2) is 5.60. The molecule has 0 spiro atoms. The number of amides is 1. The number of hydrogen-bond acceptors (Lipinski definition) is 6. The maximum Gasteiger partial charge on any atom is 0.415 e. The van der Waals surface area contributed by atoms with Gasteiger partial charge in [-0.25, -0.2) is 9.52 Å². The topological polar surface area (TPSA) is 85.8 Å². The van der Waals surface area contributed by atoms with Crippen molar-refractivity contribution in [1.82, 2.24) is 9.88 Å². The SMILES string of the molecule is CC(C)(C)OC(=O)N1CCN(c2nc3c(ccc[n+]3[O-])o2)CC1. The van der Waals surface area contributed by atoms with E-state index in [1.54, 1.807) is 17.0 Å². The summed E-state index contributed by atoms with van der Waals surface area (Å²) >= 11 is 0. The molecule has 3 rings (SSSR count). The standard InChI is InChI=1S/C15H20N4O4/c1-15(2,3)23-14(20)18-9-7-17(8-10-18)13-16-12-11(22-13)5-4-6-19(12)21/h4-6H,7-10H2,1-3H3. The Labute approximate surface area is 133 Å². The van der Waals surface area contributed by atoms with Crippen LogP contribution >= 0.6 is 0 Å². The summed E-state index contributed by atoms with van der Waals surface area (Å²) in [6, 6.07) is 3.72. The summed E-state index contributed by atoms with van der Waals surface area (Å²) in [5.41, 5.74) is 0.208. The number of anilines is 1. The van der Waals surface area contributed by atoms with E-state index in [9.17, 15) is 10.0 Å². The minimum Gasteiger partial charge on any atom is -0.710 e. The van der Waals surface area contributed by atoms with Crippen LogP contribution in [0.25, 0.3) is 11.2 Å². The number of piperazine rings is 1. The first kappa shape index (κ1) is 15.4. The summed E-state index contributed by atoms with van der Waals surface area (Å²) in [7, 11) is 0. The first-order chi connectivity index (χ1) is 10.8. The van der Waals surface area contributed by atoms with Gasteiger partial charge >= 0.3 is 17.8 Å². The highest BCUT2D eigenvalue weighted by Gasteiger charge is 2.30. The van der Waals surface area contributed by atoms with Gasteiger partial charge in [-0.2, -0.15) is 0 Å². The van der Waals surface area contributed by atoms with E-state index in [1.165, 1.54) is 6.20 Å². The van der Waals surface area contributed by atoms with Gasteiger partial charge in [0.2, 0.25) is 5.58 Å². The summed E-state index contributed by atoms with van der Waals surface area (Å²) in [5.74, 6) is 0. The molecule has 8 heteroatoms. The third-order valence-corrected chi connectivity index (χ3v) is 3.50. The molecule has 1 fully saturated rings. The van der Waals surface area contributed by atoms with E-state index in [1.807, 2.05) is 25.7 Å². The molecular weight excluding hydrogens is 300 g/mol. The third kappa shape index (κ3) is 3.30. The van der Waals surface area contributed by atoms with Crippen LogP contribution in [0.2, 0.25) is 0 Å². The first-order valence-corrected chi connectivity index (χ1v) is 7.55. The van der Waals surface area contributed by atoms with Crippen LogP contribution in [0, 0.1) is 5.21 Å². The summed E-state index contributed by atoms with van der Waals surface area (Å²) in [6.07, 6.45) is 1.07. The quantitative estimate of drug-likeness (QED) is 0.585. The van der Waals surface area contributed by atoms with Crippen molar-refractivity contribution in [2.75, 3.05) is 31.1 Å². The van der Waals surface area contributed by atoms with Gasteiger partial charge in [0.25, 0.3) is 0 Å². The fourth-order valence-corrected chi connectivity index (χ4v) is 2.40. The number of fused-ring (bicyclic) bond motifs is 1. The first-order valence-electron chi connectivity index (χ1n) is 7.55. The number of carbonyl (C=O) groups excluding carboxylic acids is 1. The number of aromatic nitrogens is 2. The van der Waals surface area contributed by atoms with Crippen LogP contribution in [-0.2, 0) is 4.74 Å². The molecule has 1 saturated heterocycles. The Kier molecular flexibility index (Phi) is 3.75. The number of oxazole rings is 1. The highest BCUT2D eigenvalue weighted by atomic mass is 16.6. The van der Waals surface area contributed by atoms with Crippen molar-refractivity contribution in [2.45, 2.75) is 26.4 Å². The second-order valence-electron chi connectivity index (χ2n) is 6.47. The Morgan fingerprint density at radius 2 is 2.04 bits per heavy atom. The lowest BCUT2D eigenvalue weighted by molar-refractivity contribution is -0.579. The Morgan fingerprint density at radius 3 is 2.65 bits per heavy atom. The van der Waals surface area contributed by atoms with Gasteiger partial charge in [-0.15, -0.1) is 0 Å². The monoisotopic (exact) mass is 320 g/mol. The van der Waals surface area contributed by atoms with Crippen LogP contribution in [0.15, 0.2) is 22.7 Å². The minimum absolute atomic E-state index is 0.261. The van der Waals surface area contributed by atoms with Gasteiger partial charge in [-0.05, 0) is 32.9 Å². The minimum atomic E-state index is -0.504. The molecule has 1 aliphatic rings. The van der Waals surface area contributed by atoms with Crippen molar-refractivity contribution in [3.05, 3.63) is 23.5 Å². The maximum absolute atomic E-state index is 12.0. The molecule has 0 radical (unpaired) electrons. The zero-order valence-electron chi connectivity index (χ0n) is 13.5. The number of ether oxygens (including phenoxy) is 1. The van der Waals surface area contributed by atoms with E-state index in [4.69, 9.17) is 9.15 Å². The van der Waals surface area contributed by atoms with E-state index in [2.05, 4.69) is 4.98 Å². The molecule has 0 N–H and O–H groups in total. The smallest absolute Gasteiger partial charge is 0.415 e. The van der Waals surface area contributed by atoms with Gasteiger partial charge in [-0.3, -0.25) is 0 Å². The molecule has 3 heterocycles. The average Bonchev–Trinajstić information content (AvgIpc) is 2.91. The molecule has 1 amide bonds. The normalized spacial score (nSPS) is 16.0. The largest absolute Gasteiger partial charge is 0.710 e. The van der Waals surface area contributed by atoms with Crippen LogP contribution in [0.5, 0.6) is 0 Å².